The second-order valence-corrected chi connectivity index (χ2v) is 4.17. The lowest BCUT2D eigenvalue weighted by atomic mass is 10.2. The lowest BCUT2D eigenvalue weighted by molar-refractivity contribution is -0.274. The van der Waals surface area contributed by atoms with Gasteiger partial charge in [-0.1, -0.05) is 18.2 Å². The van der Waals surface area contributed by atoms with Crippen LogP contribution in [0.3, 0.4) is 0 Å². The second-order valence-electron chi connectivity index (χ2n) is 3.90. The molecule has 106 valence electrons. The van der Waals surface area contributed by atoms with Gasteiger partial charge < -0.3 is 9.47 Å². The van der Waals surface area contributed by atoms with E-state index < -0.39 is 6.36 Å². The molecule has 2 aromatic carbocycles. The lowest BCUT2D eigenvalue weighted by Gasteiger charge is -2.11. The maximum Gasteiger partial charge on any atom is 0.573 e. The monoisotopic (exact) mass is 302 g/mol. The molecule has 0 aliphatic carbocycles. The molecule has 2 aromatic rings. The fraction of sp³-hybridized carbons (Fsp3) is 0.143. The van der Waals surface area contributed by atoms with E-state index >= 15 is 0 Å². The van der Waals surface area contributed by atoms with Crippen molar-refractivity contribution in [1.29, 1.82) is 0 Å². The van der Waals surface area contributed by atoms with Crippen molar-refractivity contribution in [2.24, 2.45) is 0 Å². The Hall–Kier alpha value is -1.88. The first-order chi connectivity index (χ1) is 9.46. The third-order valence-electron chi connectivity index (χ3n) is 2.35. The molecular weight excluding hydrogens is 293 g/mol. The van der Waals surface area contributed by atoms with Gasteiger partial charge >= 0.3 is 6.36 Å². The van der Waals surface area contributed by atoms with Crippen molar-refractivity contribution in [2.75, 3.05) is 0 Å². The summed E-state index contributed by atoms with van der Waals surface area (Å²) in [5, 5.41) is 0. The Morgan fingerprint density at radius 2 is 1.55 bits per heavy atom. The average molecular weight is 303 g/mol. The Labute approximate surface area is 118 Å². The van der Waals surface area contributed by atoms with Crippen molar-refractivity contribution >= 4 is 11.6 Å². The zero-order valence-corrected chi connectivity index (χ0v) is 10.9. The highest BCUT2D eigenvalue weighted by atomic mass is 35.5. The van der Waals surface area contributed by atoms with Crippen LogP contribution in [-0.4, -0.2) is 6.36 Å². The molecule has 2 nitrogen and oxygen atoms in total. The van der Waals surface area contributed by atoms with Crippen molar-refractivity contribution < 1.29 is 22.6 Å². The minimum atomic E-state index is -4.72. The Morgan fingerprint density at radius 1 is 0.900 bits per heavy atom. The van der Waals surface area contributed by atoms with Crippen LogP contribution in [-0.2, 0) is 5.88 Å². The highest BCUT2D eigenvalue weighted by Crippen LogP contribution is 2.28. The number of ether oxygens (including phenoxy) is 2. The Kier molecular flexibility index (Phi) is 4.39. The fourth-order valence-corrected chi connectivity index (χ4v) is 1.70. The van der Waals surface area contributed by atoms with Gasteiger partial charge in [0.25, 0.3) is 0 Å². The van der Waals surface area contributed by atoms with Crippen LogP contribution in [0.2, 0.25) is 0 Å². The summed E-state index contributed by atoms with van der Waals surface area (Å²) in [5.74, 6) is 0.815. The maximum absolute atomic E-state index is 12.1. The zero-order valence-electron chi connectivity index (χ0n) is 10.2. The summed E-state index contributed by atoms with van der Waals surface area (Å²) in [6, 6.07) is 12.3. The molecule has 0 saturated heterocycles. The maximum atomic E-state index is 12.1. The molecule has 0 aliphatic heterocycles. The Bertz CT molecular complexity index is 567. The second kappa shape index (κ2) is 6.05. The molecule has 20 heavy (non-hydrogen) atoms. The molecular formula is C14H10ClF3O2. The molecule has 0 bridgehead atoms. The van der Waals surface area contributed by atoms with E-state index in [-0.39, 0.29) is 11.5 Å². The van der Waals surface area contributed by atoms with Crippen LogP contribution < -0.4 is 9.47 Å². The summed E-state index contributed by atoms with van der Waals surface area (Å²) in [5.41, 5.74) is 0.924. The number of alkyl halides is 4. The first kappa shape index (κ1) is 14.5. The van der Waals surface area contributed by atoms with Crippen molar-refractivity contribution in [3.63, 3.8) is 0 Å². The van der Waals surface area contributed by atoms with Gasteiger partial charge in [0.15, 0.2) is 0 Å². The van der Waals surface area contributed by atoms with Gasteiger partial charge in [0.2, 0.25) is 0 Å². The Morgan fingerprint density at radius 3 is 2.15 bits per heavy atom. The first-order valence-electron chi connectivity index (χ1n) is 5.65. The van der Waals surface area contributed by atoms with E-state index in [0.29, 0.717) is 11.6 Å². The van der Waals surface area contributed by atoms with Crippen molar-refractivity contribution in [1.82, 2.24) is 0 Å². The quantitative estimate of drug-likeness (QED) is 0.730. The predicted octanol–water partition coefficient (Wildman–Crippen LogP) is 5.12. The molecule has 2 rings (SSSR count). The highest BCUT2D eigenvalue weighted by molar-refractivity contribution is 6.17. The largest absolute Gasteiger partial charge is 0.573 e. The summed E-state index contributed by atoms with van der Waals surface area (Å²) >= 11 is 5.66. The molecule has 0 atom stereocenters. The van der Waals surface area contributed by atoms with Crippen LogP contribution in [0.1, 0.15) is 5.56 Å². The third-order valence-corrected chi connectivity index (χ3v) is 2.66. The predicted molar refractivity (Wildman–Crippen MR) is 69.2 cm³/mol. The number of hydrogen-bond acceptors (Lipinski definition) is 2. The number of rotatable bonds is 4. The third kappa shape index (κ3) is 4.35. The van der Waals surface area contributed by atoms with Crippen molar-refractivity contribution in [2.45, 2.75) is 12.2 Å². The van der Waals surface area contributed by atoms with E-state index in [1.54, 1.807) is 30.3 Å². The highest BCUT2D eigenvalue weighted by Gasteiger charge is 2.31. The molecule has 0 aliphatic rings. The lowest BCUT2D eigenvalue weighted by Crippen LogP contribution is -2.16. The minimum Gasteiger partial charge on any atom is -0.457 e. The summed E-state index contributed by atoms with van der Waals surface area (Å²) in [4.78, 5) is 0. The molecule has 0 fully saturated rings. The average Bonchev–Trinajstić information content (AvgIpc) is 2.38. The van der Waals surface area contributed by atoms with Gasteiger partial charge in [0.1, 0.15) is 17.2 Å². The summed E-state index contributed by atoms with van der Waals surface area (Å²) in [6.45, 7) is 0. The van der Waals surface area contributed by atoms with Gasteiger partial charge in [0.05, 0.1) is 0 Å². The molecule has 0 radical (unpaired) electrons. The topological polar surface area (TPSA) is 18.5 Å². The van der Waals surface area contributed by atoms with Gasteiger partial charge in [-0.3, -0.25) is 0 Å². The summed E-state index contributed by atoms with van der Waals surface area (Å²) < 4.78 is 45.6. The molecule has 0 aromatic heterocycles. The van der Waals surface area contributed by atoms with Crippen LogP contribution in [0.25, 0.3) is 0 Å². The normalized spacial score (nSPS) is 11.2. The van der Waals surface area contributed by atoms with E-state index in [9.17, 15) is 13.2 Å². The van der Waals surface area contributed by atoms with Crippen molar-refractivity contribution in [3.8, 4) is 17.2 Å². The van der Waals surface area contributed by atoms with Crippen LogP contribution in [0, 0.1) is 0 Å². The van der Waals surface area contributed by atoms with Gasteiger partial charge in [0, 0.05) is 11.9 Å². The van der Waals surface area contributed by atoms with Gasteiger partial charge in [-0.05, 0) is 29.8 Å². The standard InChI is InChI=1S/C14H10ClF3O2/c15-9-10-4-6-11(7-5-10)19-12-2-1-3-13(8-12)20-14(16,17)18/h1-8H,9H2. The minimum absolute atomic E-state index is 0.255. The first-order valence-corrected chi connectivity index (χ1v) is 6.18. The van der Waals surface area contributed by atoms with Crippen LogP contribution in [0.4, 0.5) is 13.2 Å². The summed E-state index contributed by atoms with van der Waals surface area (Å²) in [7, 11) is 0. The molecule has 0 spiro atoms. The summed E-state index contributed by atoms with van der Waals surface area (Å²) in [6.07, 6.45) is -4.72. The van der Waals surface area contributed by atoms with Gasteiger partial charge in [-0.15, -0.1) is 24.8 Å². The molecule has 0 unspecified atom stereocenters. The Balaban J connectivity index is 2.10. The van der Waals surface area contributed by atoms with Crippen LogP contribution in [0.5, 0.6) is 17.2 Å². The van der Waals surface area contributed by atoms with Gasteiger partial charge in [-0.25, -0.2) is 0 Å². The van der Waals surface area contributed by atoms with Crippen LogP contribution >= 0.6 is 11.6 Å². The van der Waals surface area contributed by atoms with E-state index in [0.717, 1.165) is 5.56 Å². The smallest absolute Gasteiger partial charge is 0.457 e. The van der Waals surface area contributed by atoms with E-state index in [2.05, 4.69) is 4.74 Å². The van der Waals surface area contributed by atoms with Crippen LogP contribution in [0.15, 0.2) is 48.5 Å². The number of hydrogen-bond donors (Lipinski definition) is 0. The zero-order chi connectivity index (χ0) is 14.6. The SMILES string of the molecule is FC(F)(F)Oc1cccc(Oc2ccc(CCl)cc2)c1. The number of benzene rings is 2. The molecule has 0 amide bonds. The molecule has 0 heterocycles. The van der Waals surface area contributed by atoms with Gasteiger partial charge in [-0.2, -0.15) is 0 Å². The fourth-order valence-electron chi connectivity index (χ4n) is 1.52. The van der Waals surface area contributed by atoms with E-state index in [4.69, 9.17) is 16.3 Å². The van der Waals surface area contributed by atoms with Crippen molar-refractivity contribution in [3.05, 3.63) is 54.1 Å². The number of halogens is 4. The molecule has 6 heteroatoms. The van der Waals surface area contributed by atoms with E-state index in [1.165, 1.54) is 18.2 Å². The van der Waals surface area contributed by atoms with E-state index in [1.807, 2.05) is 0 Å². The molecule has 0 N–H and O–H groups in total. The molecule has 0 saturated carbocycles.